The summed E-state index contributed by atoms with van der Waals surface area (Å²) in [7, 11) is 0. The molecule has 0 atom stereocenters. The van der Waals surface area contributed by atoms with E-state index in [2.05, 4.69) is 4.74 Å². The molecule has 0 aromatic heterocycles. The summed E-state index contributed by atoms with van der Waals surface area (Å²) in [6.07, 6.45) is 0.672. The zero-order valence-corrected chi connectivity index (χ0v) is 17.9. The number of rotatable bonds is 16. The van der Waals surface area contributed by atoms with Gasteiger partial charge in [0.25, 0.3) is 0 Å². The summed E-state index contributed by atoms with van der Waals surface area (Å²) < 4.78 is 30.0. The van der Waals surface area contributed by atoms with Gasteiger partial charge in [-0.1, -0.05) is 11.8 Å². The van der Waals surface area contributed by atoms with Crippen molar-refractivity contribution >= 4 is 46.3 Å². The zero-order valence-electron chi connectivity index (χ0n) is 16.3. The number of ether oxygens (including phenoxy) is 6. The summed E-state index contributed by atoms with van der Waals surface area (Å²) in [6.45, 7) is 4.86. The third-order valence-corrected chi connectivity index (χ3v) is 4.09. The number of hydrogen-bond donors (Lipinski definition) is 0. The first-order chi connectivity index (χ1) is 13.5. The van der Waals surface area contributed by atoms with E-state index in [9.17, 15) is 14.4 Å². The SMILES string of the molecule is CCOCCOCCOC(=O)COC(=O)COC(=O)CCCSC(=S)OCC. The molecule has 0 aliphatic carbocycles. The van der Waals surface area contributed by atoms with Gasteiger partial charge in [-0.3, -0.25) is 4.79 Å². The molecule has 0 rings (SSSR count). The minimum atomic E-state index is -0.829. The van der Waals surface area contributed by atoms with Crippen LogP contribution >= 0.6 is 24.0 Å². The average molecular weight is 441 g/mol. The van der Waals surface area contributed by atoms with Gasteiger partial charge < -0.3 is 28.4 Å². The predicted octanol–water partition coefficient (Wildman–Crippen LogP) is 1.50. The van der Waals surface area contributed by atoms with Crippen molar-refractivity contribution in [1.82, 2.24) is 0 Å². The fourth-order valence-electron chi connectivity index (χ4n) is 1.54. The lowest BCUT2D eigenvalue weighted by Crippen LogP contribution is -2.22. The first kappa shape index (κ1) is 26.6. The molecule has 0 aliphatic rings. The maximum absolute atomic E-state index is 11.5. The van der Waals surface area contributed by atoms with Crippen LogP contribution in [0.25, 0.3) is 0 Å². The summed E-state index contributed by atoms with van der Waals surface area (Å²) >= 11 is 6.27. The van der Waals surface area contributed by atoms with Crippen molar-refractivity contribution in [1.29, 1.82) is 0 Å². The van der Waals surface area contributed by atoms with E-state index in [-0.39, 0.29) is 19.6 Å². The Kier molecular flexibility index (Phi) is 17.9. The summed E-state index contributed by atoms with van der Waals surface area (Å²) in [5.41, 5.74) is 0. The van der Waals surface area contributed by atoms with Gasteiger partial charge >= 0.3 is 17.9 Å². The number of esters is 3. The van der Waals surface area contributed by atoms with Gasteiger partial charge in [-0.15, -0.1) is 0 Å². The molecule has 162 valence electrons. The molecule has 0 N–H and O–H groups in total. The quantitative estimate of drug-likeness (QED) is 0.151. The van der Waals surface area contributed by atoms with E-state index in [1.807, 2.05) is 13.8 Å². The Balaban J connectivity index is 3.58. The van der Waals surface area contributed by atoms with Crippen LogP contribution in [0.4, 0.5) is 0 Å². The van der Waals surface area contributed by atoms with Crippen molar-refractivity contribution in [3.8, 4) is 0 Å². The fourth-order valence-corrected chi connectivity index (χ4v) is 2.57. The molecule has 0 unspecified atom stereocenters. The Morgan fingerprint density at radius 1 is 0.750 bits per heavy atom. The van der Waals surface area contributed by atoms with Gasteiger partial charge in [0.15, 0.2) is 13.2 Å². The summed E-state index contributed by atoms with van der Waals surface area (Å²) in [6, 6.07) is 0. The van der Waals surface area contributed by atoms with E-state index >= 15 is 0 Å². The second-order valence-electron chi connectivity index (χ2n) is 4.99. The predicted molar refractivity (Wildman–Crippen MR) is 106 cm³/mol. The van der Waals surface area contributed by atoms with Gasteiger partial charge in [0, 0.05) is 18.8 Å². The van der Waals surface area contributed by atoms with Crippen molar-refractivity contribution < 1.29 is 42.8 Å². The maximum atomic E-state index is 11.5. The topological polar surface area (TPSA) is 107 Å². The normalized spacial score (nSPS) is 10.2. The largest absolute Gasteiger partial charge is 0.479 e. The van der Waals surface area contributed by atoms with Crippen LogP contribution in [-0.4, -0.2) is 80.9 Å². The van der Waals surface area contributed by atoms with Gasteiger partial charge in [0.05, 0.1) is 26.4 Å². The van der Waals surface area contributed by atoms with Crippen LogP contribution in [0.5, 0.6) is 0 Å². The van der Waals surface area contributed by atoms with E-state index in [1.54, 1.807) is 0 Å². The van der Waals surface area contributed by atoms with Crippen molar-refractivity contribution in [2.75, 3.05) is 58.6 Å². The molecule has 0 fully saturated rings. The van der Waals surface area contributed by atoms with Crippen LogP contribution in [0.15, 0.2) is 0 Å². The van der Waals surface area contributed by atoms with Crippen LogP contribution in [0.1, 0.15) is 26.7 Å². The molecule has 0 aromatic carbocycles. The van der Waals surface area contributed by atoms with Crippen molar-refractivity contribution in [2.24, 2.45) is 0 Å². The molecule has 0 radical (unpaired) electrons. The number of carbonyl (C=O) groups is 3. The summed E-state index contributed by atoms with van der Waals surface area (Å²) in [5.74, 6) is -1.47. The van der Waals surface area contributed by atoms with Crippen LogP contribution in [-0.2, 0) is 42.8 Å². The van der Waals surface area contributed by atoms with E-state index in [1.165, 1.54) is 11.8 Å². The Morgan fingerprint density at radius 2 is 1.36 bits per heavy atom. The third kappa shape index (κ3) is 18.0. The fraction of sp³-hybridized carbons (Fsp3) is 0.765. The van der Waals surface area contributed by atoms with Gasteiger partial charge in [-0.05, 0) is 32.5 Å². The molecule has 0 aliphatic heterocycles. The van der Waals surface area contributed by atoms with E-state index in [4.69, 9.17) is 35.9 Å². The molecular formula is C17H28O9S2. The highest BCUT2D eigenvalue weighted by molar-refractivity contribution is 8.22. The molecule has 0 amide bonds. The molecule has 0 bridgehead atoms. The number of thiocarbonyl (C=S) groups is 1. The number of carbonyl (C=O) groups excluding carboxylic acids is 3. The standard InChI is InChI=1S/C17H28O9S2/c1-3-21-7-8-22-9-10-24-15(19)12-26-16(20)13-25-14(18)6-5-11-28-17(27)23-4-2/h3-13H2,1-2H3. The van der Waals surface area contributed by atoms with Gasteiger partial charge in [0.2, 0.25) is 4.38 Å². The molecule has 0 aromatic rings. The number of hydrogen-bond acceptors (Lipinski definition) is 11. The Morgan fingerprint density at radius 3 is 2.04 bits per heavy atom. The second-order valence-corrected chi connectivity index (χ2v) is 6.68. The van der Waals surface area contributed by atoms with E-state index in [0.29, 0.717) is 43.0 Å². The van der Waals surface area contributed by atoms with Crippen molar-refractivity contribution in [3.63, 3.8) is 0 Å². The first-order valence-electron chi connectivity index (χ1n) is 8.91. The minimum Gasteiger partial charge on any atom is -0.479 e. The molecule has 0 spiro atoms. The molecule has 0 saturated heterocycles. The van der Waals surface area contributed by atoms with E-state index in [0.717, 1.165) is 0 Å². The Hall–Kier alpha value is -1.43. The molecule has 9 nitrogen and oxygen atoms in total. The Labute approximate surface area is 174 Å². The molecule has 11 heteroatoms. The highest BCUT2D eigenvalue weighted by Crippen LogP contribution is 2.09. The Bertz CT molecular complexity index is 472. The van der Waals surface area contributed by atoms with Gasteiger partial charge in [-0.25, -0.2) is 9.59 Å². The lowest BCUT2D eigenvalue weighted by molar-refractivity contribution is -0.165. The van der Waals surface area contributed by atoms with Crippen LogP contribution in [0.2, 0.25) is 0 Å². The van der Waals surface area contributed by atoms with Crippen molar-refractivity contribution in [2.45, 2.75) is 26.7 Å². The van der Waals surface area contributed by atoms with Gasteiger partial charge in [-0.2, -0.15) is 0 Å². The highest BCUT2D eigenvalue weighted by atomic mass is 32.2. The van der Waals surface area contributed by atoms with Crippen molar-refractivity contribution in [3.05, 3.63) is 0 Å². The third-order valence-electron chi connectivity index (χ3n) is 2.78. The smallest absolute Gasteiger partial charge is 0.344 e. The monoisotopic (exact) mass is 440 g/mol. The summed E-state index contributed by atoms with van der Waals surface area (Å²) in [4.78, 5) is 34.3. The second kappa shape index (κ2) is 18.9. The maximum Gasteiger partial charge on any atom is 0.344 e. The average Bonchev–Trinajstić information content (AvgIpc) is 2.67. The first-order valence-corrected chi connectivity index (χ1v) is 10.3. The summed E-state index contributed by atoms with van der Waals surface area (Å²) in [5, 5.41) is 0. The van der Waals surface area contributed by atoms with Crippen LogP contribution in [0, 0.1) is 0 Å². The highest BCUT2D eigenvalue weighted by Gasteiger charge is 2.12. The number of thioether (sulfide) groups is 1. The van der Waals surface area contributed by atoms with Crippen LogP contribution in [0.3, 0.4) is 0 Å². The minimum absolute atomic E-state index is 0.0439. The molecule has 28 heavy (non-hydrogen) atoms. The molecule has 0 heterocycles. The molecule has 0 saturated carbocycles. The molecular weight excluding hydrogens is 412 g/mol. The lowest BCUT2D eigenvalue weighted by atomic mass is 10.3. The lowest BCUT2D eigenvalue weighted by Gasteiger charge is -2.08. The van der Waals surface area contributed by atoms with Gasteiger partial charge in [0.1, 0.15) is 6.61 Å². The zero-order chi connectivity index (χ0) is 21.0. The van der Waals surface area contributed by atoms with E-state index < -0.39 is 31.1 Å². The van der Waals surface area contributed by atoms with Crippen LogP contribution < -0.4 is 0 Å².